The van der Waals surface area contributed by atoms with Crippen LogP contribution in [0.15, 0.2) is 29.2 Å². The molecule has 0 fully saturated rings. The first-order chi connectivity index (χ1) is 10.2. The third-order valence-electron chi connectivity index (χ3n) is 3.38. The summed E-state index contributed by atoms with van der Waals surface area (Å²) in [7, 11) is -2.10. The van der Waals surface area contributed by atoms with E-state index in [1.807, 2.05) is 20.8 Å². The molecule has 0 aliphatic heterocycles. The van der Waals surface area contributed by atoms with Crippen molar-refractivity contribution in [2.75, 3.05) is 13.7 Å². The van der Waals surface area contributed by atoms with Crippen LogP contribution in [0.3, 0.4) is 0 Å². The molecule has 124 valence electrons. The summed E-state index contributed by atoms with van der Waals surface area (Å²) in [5.41, 5.74) is -0.286. The van der Waals surface area contributed by atoms with Crippen LogP contribution in [0.1, 0.15) is 33.6 Å². The number of benzene rings is 1. The summed E-state index contributed by atoms with van der Waals surface area (Å²) in [6.45, 7) is 5.88. The molecule has 2 N–H and O–H groups in total. The lowest BCUT2D eigenvalue weighted by molar-refractivity contribution is -0.122. The van der Waals surface area contributed by atoms with Crippen LogP contribution in [0.4, 0.5) is 0 Å². The number of hydrogen-bond donors (Lipinski definition) is 2. The fourth-order valence-corrected chi connectivity index (χ4v) is 2.70. The van der Waals surface area contributed by atoms with Crippen LogP contribution in [-0.4, -0.2) is 33.5 Å². The van der Waals surface area contributed by atoms with Crippen LogP contribution in [0, 0.1) is 0 Å². The number of rotatable bonds is 8. The monoisotopic (exact) mass is 328 g/mol. The summed E-state index contributed by atoms with van der Waals surface area (Å²) in [6, 6.07) is 6.07. The van der Waals surface area contributed by atoms with Gasteiger partial charge in [0.15, 0.2) is 0 Å². The molecular weight excluding hydrogens is 304 g/mol. The van der Waals surface area contributed by atoms with Crippen molar-refractivity contribution in [3.63, 3.8) is 0 Å². The van der Waals surface area contributed by atoms with E-state index in [4.69, 9.17) is 4.74 Å². The van der Waals surface area contributed by atoms with Gasteiger partial charge in [0.05, 0.1) is 12.0 Å². The normalized spacial score (nSPS) is 12.0. The van der Waals surface area contributed by atoms with Crippen LogP contribution < -0.4 is 14.8 Å². The van der Waals surface area contributed by atoms with Crippen molar-refractivity contribution >= 4 is 15.9 Å². The number of carbonyl (C=O) groups is 1. The third-order valence-corrected chi connectivity index (χ3v) is 4.85. The Kier molecular flexibility index (Phi) is 6.37. The summed E-state index contributed by atoms with van der Waals surface area (Å²) in [5.74, 6) is 0.407. The highest BCUT2D eigenvalue weighted by Crippen LogP contribution is 2.15. The van der Waals surface area contributed by atoms with Gasteiger partial charge in [-0.25, -0.2) is 13.1 Å². The molecule has 1 amide bonds. The van der Waals surface area contributed by atoms with E-state index >= 15 is 0 Å². The summed E-state index contributed by atoms with van der Waals surface area (Å²) in [6.07, 6.45) is 0.898. The lowest BCUT2D eigenvalue weighted by Gasteiger charge is -2.24. The average molecular weight is 328 g/mol. The minimum atomic E-state index is -3.62. The molecule has 0 bridgehead atoms. The molecule has 0 aliphatic rings. The molecule has 22 heavy (non-hydrogen) atoms. The molecule has 1 rings (SSSR count). The smallest absolute Gasteiger partial charge is 0.240 e. The molecule has 0 saturated heterocycles. The predicted molar refractivity (Wildman–Crippen MR) is 85.3 cm³/mol. The van der Waals surface area contributed by atoms with Crippen LogP contribution in [-0.2, 0) is 14.8 Å². The Labute approximate surface area is 132 Å². The molecule has 0 heterocycles. The van der Waals surface area contributed by atoms with Crippen LogP contribution >= 0.6 is 0 Å². The lowest BCUT2D eigenvalue weighted by atomic mass is 10.0. The molecule has 1 aromatic rings. The summed E-state index contributed by atoms with van der Waals surface area (Å²) in [5, 5.41) is 2.86. The van der Waals surface area contributed by atoms with E-state index in [1.54, 1.807) is 12.1 Å². The maximum Gasteiger partial charge on any atom is 0.240 e. The van der Waals surface area contributed by atoms with Crippen molar-refractivity contribution in [2.24, 2.45) is 0 Å². The summed E-state index contributed by atoms with van der Waals surface area (Å²) < 4.78 is 31.5. The second-order valence-corrected chi connectivity index (χ2v) is 7.38. The molecule has 0 unspecified atom stereocenters. The first kappa shape index (κ1) is 18.4. The Bertz CT molecular complexity index is 594. The number of amides is 1. The highest BCUT2D eigenvalue weighted by molar-refractivity contribution is 7.89. The highest BCUT2D eigenvalue weighted by atomic mass is 32.2. The molecule has 0 aliphatic carbocycles. The second kappa shape index (κ2) is 7.60. The third kappa shape index (κ3) is 5.65. The molecular formula is C15H24N2O4S. The van der Waals surface area contributed by atoms with Crippen molar-refractivity contribution in [2.45, 2.75) is 44.0 Å². The van der Waals surface area contributed by atoms with Gasteiger partial charge >= 0.3 is 0 Å². The zero-order valence-electron chi connectivity index (χ0n) is 13.5. The highest BCUT2D eigenvalue weighted by Gasteiger charge is 2.18. The minimum Gasteiger partial charge on any atom is -0.497 e. The van der Waals surface area contributed by atoms with Gasteiger partial charge in [-0.15, -0.1) is 0 Å². The molecule has 0 saturated carbocycles. The van der Waals surface area contributed by atoms with Crippen molar-refractivity contribution in [3.8, 4) is 5.75 Å². The number of hydrogen-bond acceptors (Lipinski definition) is 4. The van der Waals surface area contributed by atoms with Gasteiger partial charge in [-0.05, 0) is 44.5 Å². The van der Waals surface area contributed by atoms with Gasteiger partial charge in [-0.3, -0.25) is 4.79 Å². The number of methoxy groups -OCH3 is 1. The average Bonchev–Trinajstić information content (AvgIpc) is 2.46. The maximum absolute atomic E-state index is 12.1. The zero-order valence-corrected chi connectivity index (χ0v) is 14.3. The van der Waals surface area contributed by atoms with E-state index in [0.717, 1.165) is 6.42 Å². The second-order valence-electron chi connectivity index (χ2n) is 5.61. The first-order valence-electron chi connectivity index (χ1n) is 7.15. The van der Waals surface area contributed by atoms with E-state index < -0.39 is 10.0 Å². The van der Waals surface area contributed by atoms with Gasteiger partial charge in [0, 0.05) is 18.5 Å². The zero-order chi connectivity index (χ0) is 16.8. The van der Waals surface area contributed by atoms with Gasteiger partial charge in [0.25, 0.3) is 0 Å². The number of ether oxygens (including phenoxy) is 1. The number of nitrogens with one attached hydrogen (secondary N) is 2. The molecule has 1 aromatic carbocycles. The minimum absolute atomic E-state index is 0.0555. The first-order valence-corrected chi connectivity index (χ1v) is 8.63. The fourth-order valence-electron chi connectivity index (χ4n) is 1.67. The number of sulfonamides is 1. The quantitative estimate of drug-likeness (QED) is 0.760. The largest absolute Gasteiger partial charge is 0.497 e. The Balaban J connectivity index is 2.54. The van der Waals surface area contributed by atoms with Gasteiger partial charge in [-0.2, -0.15) is 0 Å². The SMILES string of the molecule is CCC(C)(C)NC(=O)CCNS(=O)(=O)c1ccc(OC)cc1. The van der Waals surface area contributed by atoms with Crippen LogP contribution in [0.5, 0.6) is 5.75 Å². The van der Waals surface area contributed by atoms with E-state index in [9.17, 15) is 13.2 Å². The van der Waals surface area contributed by atoms with E-state index in [2.05, 4.69) is 10.0 Å². The van der Waals surface area contributed by atoms with Gasteiger partial charge in [0.2, 0.25) is 15.9 Å². The predicted octanol–water partition coefficient (Wildman–Crippen LogP) is 1.67. The molecule has 0 aromatic heterocycles. The van der Waals surface area contributed by atoms with Crippen molar-refractivity contribution < 1.29 is 17.9 Å². The van der Waals surface area contributed by atoms with E-state index in [-0.39, 0.29) is 29.3 Å². The standard InChI is InChI=1S/C15H24N2O4S/c1-5-15(2,3)17-14(18)10-11-16-22(19,20)13-8-6-12(21-4)7-9-13/h6-9,16H,5,10-11H2,1-4H3,(H,17,18). The Morgan fingerprint density at radius 3 is 2.32 bits per heavy atom. The maximum atomic E-state index is 12.1. The molecule has 0 atom stereocenters. The fraction of sp³-hybridized carbons (Fsp3) is 0.533. The lowest BCUT2D eigenvalue weighted by Crippen LogP contribution is -2.43. The Hall–Kier alpha value is -1.60. The van der Waals surface area contributed by atoms with E-state index in [0.29, 0.717) is 5.75 Å². The molecule has 7 heteroatoms. The van der Waals surface area contributed by atoms with Crippen molar-refractivity contribution in [1.29, 1.82) is 0 Å². The van der Waals surface area contributed by atoms with Crippen LogP contribution in [0.2, 0.25) is 0 Å². The Morgan fingerprint density at radius 1 is 1.23 bits per heavy atom. The van der Waals surface area contributed by atoms with Gasteiger partial charge in [-0.1, -0.05) is 6.92 Å². The summed E-state index contributed by atoms with van der Waals surface area (Å²) >= 11 is 0. The Morgan fingerprint density at radius 2 is 1.82 bits per heavy atom. The topological polar surface area (TPSA) is 84.5 Å². The number of carbonyl (C=O) groups excluding carboxylic acids is 1. The van der Waals surface area contributed by atoms with Crippen molar-refractivity contribution in [1.82, 2.24) is 10.0 Å². The molecule has 6 nitrogen and oxygen atoms in total. The summed E-state index contributed by atoms with van der Waals surface area (Å²) in [4.78, 5) is 11.9. The molecule has 0 spiro atoms. The van der Waals surface area contributed by atoms with Gasteiger partial charge in [0.1, 0.15) is 5.75 Å². The van der Waals surface area contributed by atoms with Crippen molar-refractivity contribution in [3.05, 3.63) is 24.3 Å². The van der Waals surface area contributed by atoms with Crippen LogP contribution in [0.25, 0.3) is 0 Å². The van der Waals surface area contributed by atoms with E-state index in [1.165, 1.54) is 19.2 Å². The van der Waals surface area contributed by atoms with Gasteiger partial charge < -0.3 is 10.1 Å². The molecule has 0 radical (unpaired) electrons.